The molecule has 0 spiro atoms. The van der Waals surface area contributed by atoms with Crippen LogP contribution in [-0.2, 0) is 28.2 Å². The zero-order chi connectivity index (χ0) is 35.7. The van der Waals surface area contributed by atoms with Crippen LogP contribution >= 0.6 is 24.8 Å². The molecule has 0 N–H and O–H groups in total. The molecular weight excluding hydrogens is 755 g/mol. The molecule has 3 unspecified atom stereocenters. The number of hydrogen-bond acceptors (Lipinski definition) is 0. The minimum atomic E-state index is -3.75. The van der Waals surface area contributed by atoms with Crippen LogP contribution in [0.4, 0.5) is 0 Å². The first kappa shape index (κ1) is 41.8. The molecule has 0 amide bonds. The van der Waals surface area contributed by atoms with Crippen LogP contribution in [0.2, 0.25) is 9.26 Å². The molecule has 2 aliphatic rings. The zero-order valence-corrected chi connectivity index (χ0v) is 38.8. The van der Waals surface area contributed by atoms with E-state index in [2.05, 4.69) is 176 Å². The van der Waals surface area contributed by atoms with Gasteiger partial charge in [-0.2, -0.15) is 0 Å². The van der Waals surface area contributed by atoms with Crippen molar-refractivity contribution < 1.29 is 17.4 Å². The maximum Gasteiger partial charge on any atom is -0.147 e. The molecule has 51 heavy (non-hydrogen) atoms. The van der Waals surface area contributed by atoms with Crippen LogP contribution in [0.25, 0.3) is 34.4 Å². The van der Waals surface area contributed by atoms with Gasteiger partial charge in [-0.05, 0) is 0 Å². The summed E-state index contributed by atoms with van der Waals surface area (Å²) >= 11 is -3.75. The maximum absolute atomic E-state index is 3.75. The van der Waals surface area contributed by atoms with Crippen LogP contribution < -0.4 is 0 Å². The monoisotopic (exact) mass is 814 g/mol. The van der Waals surface area contributed by atoms with Crippen LogP contribution in [0, 0.1) is 12.8 Å². The van der Waals surface area contributed by atoms with Crippen LogP contribution in [0.5, 0.6) is 0 Å². The standard InChI is InChI=1S/C24H29.C21H23.2CH3.2ClH.H2Si.Zr/c1-6-8-17(2)20-15-19-9-7-10-22(23(19)16-20)18-11-13-21(14-12-18)24(3,4)5;1-14-10-17-11-15(2)13-20(17)19(12-14)16-6-8-18(9-7-16)21(3,4)5;;;;;;/h7,9-17H,6,8H2,1-5H3;6-13H,1-5H3;2*1H3;2*1H;1H2;. The van der Waals surface area contributed by atoms with Gasteiger partial charge < -0.3 is 0 Å². The molecule has 2 aliphatic carbocycles. The van der Waals surface area contributed by atoms with Gasteiger partial charge in [0.15, 0.2) is 0 Å². The number of halogens is 2. The molecular formula is C47H62Cl2SiZr. The van der Waals surface area contributed by atoms with Crippen LogP contribution in [0.1, 0.15) is 121 Å². The normalized spacial score (nSPS) is 17.8. The van der Waals surface area contributed by atoms with Gasteiger partial charge in [0.25, 0.3) is 0 Å². The van der Waals surface area contributed by atoms with Gasteiger partial charge in [-0.1, -0.05) is 0 Å². The third kappa shape index (κ3) is 7.69. The predicted molar refractivity (Wildman–Crippen MR) is 232 cm³/mol. The van der Waals surface area contributed by atoms with E-state index in [0.717, 1.165) is 0 Å². The van der Waals surface area contributed by atoms with Gasteiger partial charge in [-0.3, -0.25) is 0 Å². The fraction of sp³-hybridized carbons (Fsp3) is 0.404. The van der Waals surface area contributed by atoms with Crippen molar-refractivity contribution in [2.75, 3.05) is 0 Å². The first-order valence-corrected chi connectivity index (χ1v) is 32.4. The summed E-state index contributed by atoms with van der Waals surface area (Å²) in [6, 6.07) is 31.0. The Morgan fingerprint density at radius 2 is 1.18 bits per heavy atom. The Morgan fingerprint density at radius 3 is 1.69 bits per heavy atom. The molecule has 0 heterocycles. The average molecular weight is 817 g/mol. The van der Waals surface area contributed by atoms with Gasteiger partial charge in [0.2, 0.25) is 0 Å². The summed E-state index contributed by atoms with van der Waals surface area (Å²) in [7, 11) is 0. The fourth-order valence-electron chi connectivity index (χ4n) is 9.51. The summed E-state index contributed by atoms with van der Waals surface area (Å²) in [4.78, 5) is 0. The number of fused-ring (bicyclic) bond motifs is 2. The summed E-state index contributed by atoms with van der Waals surface area (Å²) < 4.78 is 6.62. The Hall–Kier alpha value is -1.96. The molecule has 0 radical (unpaired) electrons. The Morgan fingerprint density at radius 1 is 0.667 bits per heavy atom. The summed E-state index contributed by atoms with van der Waals surface area (Å²) in [6.45, 7) is 25.9. The van der Waals surface area contributed by atoms with Crippen LogP contribution in [0.15, 0.2) is 90.0 Å². The van der Waals surface area contributed by atoms with E-state index in [1.54, 1.807) is 22.3 Å². The van der Waals surface area contributed by atoms with Crippen molar-refractivity contribution in [3.05, 3.63) is 129 Å². The minimum absolute atomic E-state index is 0. The van der Waals surface area contributed by atoms with Gasteiger partial charge in [0.1, 0.15) is 0 Å². The Balaban J connectivity index is 0.00000292. The zero-order valence-electron chi connectivity index (χ0n) is 33.3. The third-order valence-corrected chi connectivity index (χ3v) is 29.5. The van der Waals surface area contributed by atoms with E-state index in [-0.39, 0.29) is 35.6 Å². The van der Waals surface area contributed by atoms with Gasteiger partial charge in [-0.15, -0.1) is 24.8 Å². The number of benzene rings is 4. The predicted octanol–water partition coefficient (Wildman–Crippen LogP) is 14.1. The first-order chi connectivity index (χ1) is 22.8. The molecule has 0 nitrogen and oxygen atoms in total. The van der Waals surface area contributed by atoms with E-state index in [4.69, 9.17) is 0 Å². The number of allylic oxidation sites excluding steroid dienone is 2. The Kier molecular flexibility index (Phi) is 12.0. The van der Waals surface area contributed by atoms with Crippen molar-refractivity contribution in [1.82, 2.24) is 0 Å². The second kappa shape index (κ2) is 14.7. The summed E-state index contributed by atoms with van der Waals surface area (Å²) in [6.07, 6.45) is 7.69. The van der Waals surface area contributed by atoms with Gasteiger partial charge in [0.05, 0.1) is 0 Å². The molecule has 0 fully saturated rings. The van der Waals surface area contributed by atoms with E-state index >= 15 is 0 Å². The molecule has 0 saturated heterocycles. The SMILES string of the molecule is CCCC(C)C1=Cc2c(-c3ccc(C(C)(C)C)cc3)cccc2[CH]1[Zr]([CH3])([CH3])(=[SiH2])[CH]1C(C)=Cc2c(-c3ccc(C(C)(C)C)cc3)cc(C)cc21.Cl.Cl. The summed E-state index contributed by atoms with van der Waals surface area (Å²) in [5.74, 6) is 0.565. The van der Waals surface area contributed by atoms with E-state index in [1.165, 1.54) is 62.9 Å². The van der Waals surface area contributed by atoms with Crippen molar-refractivity contribution in [1.29, 1.82) is 0 Å². The molecule has 6 rings (SSSR count). The third-order valence-electron chi connectivity index (χ3n) is 11.9. The first-order valence-electron chi connectivity index (χ1n) is 18.8. The summed E-state index contributed by atoms with van der Waals surface area (Å²) in [5.41, 5.74) is 19.3. The molecule has 0 saturated carbocycles. The van der Waals surface area contributed by atoms with Crippen molar-refractivity contribution in [2.45, 2.75) is 109 Å². The van der Waals surface area contributed by atoms with Crippen molar-refractivity contribution in [3.63, 3.8) is 0 Å². The molecule has 272 valence electrons. The number of rotatable bonds is 7. The van der Waals surface area contributed by atoms with Gasteiger partial charge in [0, 0.05) is 0 Å². The average Bonchev–Trinajstić information content (AvgIpc) is 3.59. The number of hydrogen-bond donors (Lipinski definition) is 0. The van der Waals surface area contributed by atoms with Crippen molar-refractivity contribution in [2.24, 2.45) is 5.92 Å². The molecule has 4 aromatic rings. The second-order valence-electron chi connectivity index (χ2n) is 18.8. The topological polar surface area (TPSA) is 0 Å². The van der Waals surface area contributed by atoms with E-state index in [1.807, 2.05) is 0 Å². The molecule has 0 aromatic heterocycles. The molecule has 4 heteroatoms. The fourth-order valence-corrected chi connectivity index (χ4v) is 29.9. The Labute approximate surface area is 325 Å². The molecule has 0 bridgehead atoms. The Bertz CT molecular complexity index is 2040. The molecule has 3 atom stereocenters. The smallest absolute Gasteiger partial charge is 0.147 e. The summed E-state index contributed by atoms with van der Waals surface area (Å²) in [5, 5.41) is 0. The van der Waals surface area contributed by atoms with E-state index in [9.17, 15) is 0 Å². The van der Waals surface area contributed by atoms with Crippen molar-refractivity contribution >= 4 is 43.8 Å². The maximum atomic E-state index is 2.80. The largest absolute Gasteiger partial charge is 0.147 e. The van der Waals surface area contributed by atoms with Crippen molar-refractivity contribution in [3.8, 4) is 22.3 Å². The minimum Gasteiger partial charge on any atom is -0.147 e. The van der Waals surface area contributed by atoms with Gasteiger partial charge in [-0.25, -0.2) is 0 Å². The van der Waals surface area contributed by atoms with E-state index < -0.39 is 17.4 Å². The second-order valence-corrected chi connectivity index (χ2v) is 49.3. The van der Waals surface area contributed by atoms with Gasteiger partial charge >= 0.3 is 303 Å². The molecule has 4 aromatic carbocycles. The number of aryl methyl sites for hydroxylation is 1. The quantitative estimate of drug-likeness (QED) is 0.163. The van der Waals surface area contributed by atoms with E-state index in [0.29, 0.717) is 13.2 Å². The molecule has 0 aliphatic heterocycles. The van der Waals surface area contributed by atoms with Crippen LogP contribution in [0.3, 0.4) is 0 Å². The van der Waals surface area contributed by atoms with Crippen LogP contribution in [-0.4, -0.2) is 6.88 Å².